The van der Waals surface area contributed by atoms with Gasteiger partial charge in [0.05, 0.1) is 6.67 Å². The second-order valence-electron chi connectivity index (χ2n) is 2.16. The van der Waals surface area contributed by atoms with Gasteiger partial charge in [0.2, 0.25) is 0 Å². The molecule has 0 amide bonds. The van der Waals surface area contributed by atoms with Crippen LogP contribution in [0.15, 0.2) is 0 Å². The van der Waals surface area contributed by atoms with Crippen LogP contribution in [0.25, 0.3) is 0 Å². The maximum absolute atomic E-state index is 11.5. The molecule has 3 N–H and O–H groups in total. The van der Waals surface area contributed by atoms with Gasteiger partial charge in [-0.25, -0.2) is 0 Å². The topological polar surface area (TPSA) is 63.3 Å². The number of carboxylic acids is 1. The Morgan fingerprint density at radius 1 is 1.80 bits per heavy atom. The van der Waals surface area contributed by atoms with E-state index in [4.69, 9.17) is 10.8 Å². The van der Waals surface area contributed by atoms with Gasteiger partial charge in [-0.15, -0.1) is 12.4 Å². The lowest BCUT2D eigenvalue weighted by molar-refractivity contribution is -0.143. The molecule has 0 aromatic heterocycles. The van der Waals surface area contributed by atoms with Crippen molar-refractivity contribution in [3.05, 3.63) is 0 Å². The molecule has 0 aliphatic carbocycles. The van der Waals surface area contributed by atoms with Crippen LogP contribution in [0.2, 0.25) is 0 Å². The molecular weight excluding hydrogens is 161 g/mol. The van der Waals surface area contributed by atoms with Gasteiger partial charge in [0, 0.05) is 6.42 Å². The number of hydrogen-bond donors (Lipinski definition) is 2. The largest absolute Gasteiger partial charge is 0.480 e. The number of halogens is 2. The van der Waals surface area contributed by atoms with E-state index in [1.54, 1.807) is 0 Å². The van der Waals surface area contributed by atoms with Crippen LogP contribution in [-0.2, 0) is 4.79 Å². The first-order valence-corrected chi connectivity index (χ1v) is 2.59. The minimum absolute atomic E-state index is 0. The van der Waals surface area contributed by atoms with E-state index in [1.165, 1.54) is 6.92 Å². The van der Waals surface area contributed by atoms with E-state index < -0.39 is 18.2 Å². The molecule has 3 nitrogen and oxygen atoms in total. The molecule has 0 spiro atoms. The van der Waals surface area contributed by atoms with Crippen LogP contribution in [0.5, 0.6) is 0 Å². The summed E-state index contributed by atoms with van der Waals surface area (Å²) in [5.41, 5.74) is 3.72. The lowest BCUT2D eigenvalue weighted by Gasteiger charge is -2.15. The van der Waals surface area contributed by atoms with E-state index in [2.05, 4.69) is 0 Å². The number of rotatable bonds is 3. The third kappa shape index (κ3) is 3.63. The Kier molecular flexibility index (Phi) is 5.51. The average Bonchev–Trinajstić information content (AvgIpc) is 1.65. The van der Waals surface area contributed by atoms with E-state index in [0.29, 0.717) is 0 Å². The summed E-state index contributed by atoms with van der Waals surface area (Å²) in [5.74, 6) is -1.17. The zero-order chi connectivity index (χ0) is 7.49. The SMILES string of the molecule is CC(N)(CCF)C(=O)O.Cl. The molecule has 0 aromatic rings. The van der Waals surface area contributed by atoms with E-state index in [9.17, 15) is 9.18 Å². The Balaban J connectivity index is 0. The Labute approximate surface area is 64.8 Å². The number of carboxylic acid groups (broad SMARTS) is 1. The van der Waals surface area contributed by atoms with Crippen LogP contribution in [-0.4, -0.2) is 23.3 Å². The quantitative estimate of drug-likeness (QED) is 0.653. The van der Waals surface area contributed by atoms with Crippen molar-refractivity contribution in [2.75, 3.05) is 6.67 Å². The molecule has 0 fully saturated rings. The Morgan fingerprint density at radius 2 is 2.20 bits per heavy atom. The van der Waals surface area contributed by atoms with Crippen LogP contribution in [0.4, 0.5) is 4.39 Å². The predicted octanol–water partition coefficient (Wildman–Crippen LogP) is 0.570. The Morgan fingerprint density at radius 3 is 2.30 bits per heavy atom. The zero-order valence-corrected chi connectivity index (χ0v) is 6.45. The molecule has 0 bridgehead atoms. The summed E-state index contributed by atoms with van der Waals surface area (Å²) < 4.78 is 11.5. The van der Waals surface area contributed by atoms with Gasteiger partial charge in [-0.05, 0) is 6.92 Å². The number of carbonyl (C=O) groups is 1. The molecule has 1 unspecified atom stereocenters. The zero-order valence-electron chi connectivity index (χ0n) is 5.63. The van der Waals surface area contributed by atoms with Gasteiger partial charge in [-0.1, -0.05) is 0 Å². The van der Waals surface area contributed by atoms with Gasteiger partial charge in [-0.3, -0.25) is 9.18 Å². The van der Waals surface area contributed by atoms with E-state index in [-0.39, 0.29) is 18.8 Å². The lowest BCUT2D eigenvalue weighted by atomic mass is 10.0. The molecule has 0 saturated heterocycles. The third-order valence-electron chi connectivity index (χ3n) is 1.10. The molecule has 0 rings (SSSR count). The van der Waals surface area contributed by atoms with E-state index >= 15 is 0 Å². The third-order valence-corrected chi connectivity index (χ3v) is 1.10. The first kappa shape index (κ1) is 12.3. The summed E-state index contributed by atoms with van der Waals surface area (Å²) in [4.78, 5) is 10.1. The fraction of sp³-hybridized carbons (Fsp3) is 0.800. The second-order valence-corrected chi connectivity index (χ2v) is 2.16. The Bertz CT molecular complexity index is 118. The summed E-state index contributed by atoms with van der Waals surface area (Å²) in [5, 5.41) is 8.28. The van der Waals surface area contributed by atoms with Gasteiger partial charge in [0.25, 0.3) is 0 Å². The summed E-state index contributed by atoms with van der Waals surface area (Å²) in [7, 11) is 0. The normalized spacial score (nSPS) is 15.1. The highest BCUT2D eigenvalue weighted by molar-refractivity contribution is 5.85. The Hall–Kier alpha value is -0.350. The highest BCUT2D eigenvalue weighted by Crippen LogP contribution is 2.04. The van der Waals surface area contributed by atoms with Crippen molar-refractivity contribution >= 4 is 18.4 Å². The molecular formula is C5H11ClFNO2. The number of aliphatic carboxylic acids is 1. The molecule has 5 heteroatoms. The number of hydrogen-bond acceptors (Lipinski definition) is 2. The van der Waals surface area contributed by atoms with Crippen LogP contribution in [0, 0.1) is 0 Å². The maximum atomic E-state index is 11.5. The number of nitrogens with two attached hydrogens (primary N) is 1. The standard InChI is InChI=1S/C5H10FNO2.ClH/c1-5(7,2-3-6)4(8)9;/h2-3,7H2,1H3,(H,8,9);1H. The molecule has 0 aliphatic rings. The average molecular weight is 172 g/mol. The smallest absolute Gasteiger partial charge is 0.323 e. The van der Waals surface area contributed by atoms with Crippen molar-refractivity contribution in [1.82, 2.24) is 0 Å². The van der Waals surface area contributed by atoms with Crippen LogP contribution in [0.3, 0.4) is 0 Å². The second kappa shape index (κ2) is 4.46. The highest BCUT2D eigenvalue weighted by atomic mass is 35.5. The molecule has 0 heterocycles. The van der Waals surface area contributed by atoms with Crippen molar-refractivity contribution < 1.29 is 14.3 Å². The van der Waals surface area contributed by atoms with Gasteiger partial charge in [0.15, 0.2) is 0 Å². The fourth-order valence-electron chi connectivity index (χ4n) is 0.303. The van der Waals surface area contributed by atoms with Gasteiger partial charge in [-0.2, -0.15) is 0 Å². The summed E-state index contributed by atoms with van der Waals surface area (Å²) in [6, 6.07) is 0. The van der Waals surface area contributed by atoms with Gasteiger partial charge < -0.3 is 10.8 Å². The highest BCUT2D eigenvalue weighted by Gasteiger charge is 2.26. The molecule has 0 radical (unpaired) electrons. The minimum Gasteiger partial charge on any atom is -0.480 e. The molecule has 0 aromatic carbocycles. The van der Waals surface area contributed by atoms with E-state index in [0.717, 1.165) is 0 Å². The molecule has 10 heavy (non-hydrogen) atoms. The maximum Gasteiger partial charge on any atom is 0.323 e. The fourth-order valence-corrected chi connectivity index (χ4v) is 0.303. The summed E-state index contributed by atoms with van der Waals surface area (Å²) in [6.45, 7) is 0.591. The molecule has 0 aliphatic heterocycles. The summed E-state index contributed by atoms with van der Waals surface area (Å²) >= 11 is 0. The number of alkyl halides is 1. The summed E-state index contributed by atoms with van der Waals surface area (Å²) in [6.07, 6.45) is -0.137. The van der Waals surface area contributed by atoms with Crippen molar-refractivity contribution in [1.29, 1.82) is 0 Å². The first-order valence-electron chi connectivity index (χ1n) is 2.59. The minimum atomic E-state index is -1.41. The molecule has 1 atom stereocenters. The van der Waals surface area contributed by atoms with Gasteiger partial charge in [0.1, 0.15) is 5.54 Å². The molecule has 0 saturated carbocycles. The van der Waals surface area contributed by atoms with Gasteiger partial charge >= 0.3 is 5.97 Å². The van der Waals surface area contributed by atoms with Crippen molar-refractivity contribution in [3.8, 4) is 0 Å². The van der Waals surface area contributed by atoms with Crippen LogP contribution in [0.1, 0.15) is 13.3 Å². The predicted molar refractivity (Wildman–Crippen MR) is 38.1 cm³/mol. The van der Waals surface area contributed by atoms with E-state index in [1.807, 2.05) is 0 Å². The van der Waals surface area contributed by atoms with Crippen molar-refractivity contribution in [2.24, 2.45) is 5.73 Å². The van der Waals surface area contributed by atoms with Crippen molar-refractivity contribution in [3.63, 3.8) is 0 Å². The molecule has 62 valence electrons. The van der Waals surface area contributed by atoms with Crippen LogP contribution < -0.4 is 5.73 Å². The first-order chi connectivity index (χ1) is 4.00. The monoisotopic (exact) mass is 171 g/mol. The lowest BCUT2D eigenvalue weighted by Crippen LogP contribution is -2.45. The van der Waals surface area contributed by atoms with Crippen molar-refractivity contribution in [2.45, 2.75) is 18.9 Å². The van der Waals surface area contributed by atoms with Crippen LogP contribution >= 0.6 is 12.4 Å².